The van der Waals surface area contributed by atoms with E-state index in [1.807, 2.05) is 32.6 Å². The lowest BCUT2D eigenvalue weighted by Crippen LogP contribution is -3.00. The van der Waals surface area contributed by atoms with E-state index in [-0.39, 0.29) is 18.4 Å². The van der Waals surface area contributed by atoms with E-state index in [2.05, 4.69) is 0 Å². The van der Waals surface area contributed by atoms with Crippen molar-refractivity contribution in [2.45, 2.75) is 39.8 Å². The Morgan fingerprint density at radius 3 is 1.45 bits per heavy atom. The maximum absolute atomic E-state index is 7.22. The zero-order chi connectivity index (χ0) is 8.31. The summed E-state index contributed by atoms with van der Waals surface area (Å²) in [5.41, 5.74) is 5.35. The molecule has 0 atom stereocenters. The van der Waals surface area contributed by atoms with Crippen molar-refractivity contribution in [1.82, 2.24) is 4.90 Å². The van der Waals surface area contributed by atoms with E-state index in [1.165, 1.54) is 0 Å². The number of rotatable bonds is 2. The molecule has 0 aromatic carbocycles. The van der Waals surface area contributed by atoms with Gasteiger partial charge in [0.2, 0.25) is 0 Å². The van der Waals surface area contributed by atoms with Gasteiger partial charge in [0.05, 0.1) is 0 Å². The average Bonchev–Trinajstić information content (AvgIpc) is 1.59. The molecule has 0 saturated heterocycles. The van der Waals surface area contributed by atoms with E-state index in [0.29, 0.717) is 12.1 Å². The molecular formula is C7H17ClN3-. The highest BCUT2D eigenvalue weighted by atomic mass is 35.5. The van der Waals surface area contributed by atoms with Crippen LogP contribution in [0.1, 0.15) is 27.7 Å². The van der Waals surface area contributed by atoms with Gasteiger partial charge < -0.3 is 23.0 Å². The highest BCUT2D eigenvalue weighted by Gasteiger charge is 2.13. The standard InChI is InChI=1S/C7H17N3.ClH/c1-5(2)10(6(3)4)7(8)9;/h5-6H,1-4H3,(H3,8,9);1H/p-1. The molecule has 0 fully saturated rings. The molecule has 4 heteroatoms. The predicted molar refractivity (Wildman–Crippen MR) is 44.0 cm³/mol. The fourth-order valence-corrected chi connectivity index (χ4v) is 1.15. The van der Waals surface area contributed by atoms with Gasteiger partial charge in [-0.3, -0.25) is 5.41 Å². The van der Waals surface area contributed by atoms with Crippen molar-refractivity contribution in [2.75, 3.05) is 0 Å². The Balaban J connectivity index is 0. The van der Waals surface area contributed by atoms with Crippen LogP contribution in [0.2, 0.25) is 0 Å². The summed E-state index contributed by atoms with van der Waals surface area (Å²) in [4.78, 5) is 1.86. The third kappa shape index (κ3) is 4.09. The Kier molecular flexibility index (Phi) is 6.28. The Hall–Kier alpha value is -0.440. The van der Waals surface area contributed by atoms with Crippen LogP contribution in [-0.2, 0) is 0 Å². The first kappa shape index (κ1) is 13.2. The van der Waals surface area contributed by atoms with Crippen LogP contribution in [0.3, 0.4) is 0 Å². The van der Waals surface area contributed by atoms with Gasteiger partial charge in [-0.05, 0) is 27.7 Å². The van der Waals surface area contributed by atoms with Crippen molar-refractivity contribution < 1.29 is 12.4 Å². The van der Waals surface area contributed by atoms with Gasteiger partial charge in [-0.15, -0.1) is 0 Å². The molecule has 3 N–H and O–H groups in total. The molecular weight excluding hydrogens is 162 g/mol. The lowest BCUT2D eigenvalue weighted by atomic mass is 10.2. The number of hydrogen-bond donors (Lipinski definition) is 2. The molecule has 11 heavy (non-hydrogen) atoms. The van der Waals surface area contributed by atoms with Gasteiger partial charge in [-0.25, -0.2) is 0 Å². The fourth-order valence-electron chi connectivity index (χ4n) is 1.15. The minimum atomic E-state index is 0. The molecule has 0 radical (unpaired) electrons. The number of nitrogens with two attached hydrogens (primary N) is 1. The van der Waals surface area contributed by atoms with Crippen LogP contribution in [0.15, 0.2) is 0 Å². The molecule has 0 rings (SSSR count). The largest absolute Gasteiger partial charge is 1.00 e. The molecule has 0 spiro atoms. The summed E-state index contributed by atoms with van der Waals surface area (Å²) in [5.74, 6) is 0.157. The lowest BCUT2D eigenvalue weighted by Gasteiger charge is -2.30. The zero-order valence-electron chi connectivity index (χ0n) is 7.56. The molecule has 0 aliphatic rings. The van der Waals surface area contributed by atoms with E-state index < -0.39 is 0 Å². The number of hydrogen-bond acceptors (Lipinski definition) is 1. The second-order valence-corrected chi connectivity index (χ2v) is 2.98. The van der Waals surface area contributed by atoms with Gasteiger partial charge in [0.1, 0.15) is 0 Å². The molecule has 0 heterocycles. The SMILES string of the molecule is CC(C)N(C(=N)N)C(C)C.[Cl-]. The van der Waals surface area contributed by atoms with E-state index in [4.69, 9.17) is 11.1 Å². The normalized spacial score (nSPS) is 9.64. The first-order valence-electron chi connectivity index (χ1n) is 3.59. The quantitative estimate of drug-likeness (QED) is 0.380. The molecule has 0 aliphatic heterocycles. The molecule has 3 nitrogen and oxygen atoms in total. The summed E-state index contributed by atoms with van der Waals surface area (Å²) in [6, 6.07) is 0.634. The molecule has 0 amide bonds. The molecule has 0 unspecified atom stereocenters. The minimum absolute atomic E-state index is 0. The monoisotopic (exact) mass is 178 g/mol. The maximum Gasteiger partial charge on any atom is 0.188 e. The highest BCUT2D eigenvalue weighted by Crippen LogP contribution is 2.02. The van der Waals surface area contributed by atoms with Crippen molar-refractivity contribution in [1.29, 1.82) is 5.41 Å². The molecule has 68 valence electrons. The smallest absolute Gasteiger partial charge is 0.188 e. The molecule has 0 aliphatic carbocycles. The van der Waals surface area contributed by atoms with Gasteiger partial charge in [-0.2, -0.15) is 0 Å². The fraction of sp³-hybridized carbons (Fsp3) is 0.857. The number of halogens is 1. The summed E-state index contributed by atoms with van der Waals surface area (Å²) in [7, 11) is 0. The second-order valence-electron chi connectivity index (χ2n) is 2.98. The third-order valence-electron chi connectivity index (χ3n) is 1.39. The van der Waals surface area contributed by atoms with Gasteiger partial charge in [-0.1, -0.05) is 0 Å². The maximum atomic E-state index is 7.22. The molecule has 0 saturated carbocycles. The Labute approximate surface area is 74.9 Å². The Morgan fingerprint density at radius 2 is 1.45 bits per heavy atom. The molecule has 0 aromatic rings. The Bertz CT molecular complexity index is 115. The van der Waals surface area contributed by atoms with Crippen LogP contribution in [-0.4, -0.2) is 22.9 Å². The van der Waals surface area contributed by atoms with Crippen molar-refractivity contribution in [3.8, 4) is 0 Å². The van der Waals surface area contributed by atoms with E-state index in [9.17, 15) is 0 Å². The van der Waals surface area contributed by atoms with Gasteiger partial charge in [0, 0.05) is 12.1 Å². The summed E-state index contributed by atoms with van der Waals surface area (Å²) < 4.78 is 0. The van der Waals surface area contributed by atoms with Crippen LogP contribution >= 0.6 is 0 Å². The van der Waals surface area contributed by atoms with E-state index in [0.717, 1.165) is 0 Å². The van der Waals surface area contributed by atoms with Crippen LogP contribution in [0, 0.1) is 5.41 Å². The third-order valence-corrected chi connectivity index (χ3v) is 1.39. The van der Waals surface area contributed by atoms with Gasteiger partial charge in [0.15, 0.2) is 5.96 Å². The number of guanidine groups is 1. The summed E-state index contributed by atoms with van der Waals surface area (Å²) >= 11 is 0. The lowest BCUT2D eigenvalue weighted by molar-refractivity contribution is -0.00000364. The summed E-state index contributed by atoms with van der Waals surface area (Å²) in [5, 5.41) is 7.22. The second kappa shape index (κ2) is 5.24. The zero-order valence-corrected chi connectivity index (χ0v) is 8.31. The summed E-state index contributed by atoms with van der Waals surface area (Å²) in [6.07, 6.45) is 0. The average molecular weight is 179 g/mol. The van der Waals surface area contributed by atoms with Gasteiger partial charge in [0.25, 0.3) is 0 Å². The predicted octanol–water partition coefficient (Wildman–Crippen LogP) is -2.00. The van der Waals surface area contributed by atoms with Crippen molar-refractivity contribution >= 4 is 5.96 Å². The van der Waals surface area contributed by atoms with Crippen molar-refractivity contribution in [2.24, 2.45) is 5.73 Å². The van der Waals surface area contributed by atoms with Crippen LogP contribution in [0.4, 0.5) is 0 Å². The Morgan fingerprint density at radius 1 is 1.18 bits per heavy atom. The minimum Gasteiger partial charge on any atom is -1.00 e. The topological polar surface area (TPSA) is 53.1 Å². The first-order valence-corrected chi connectivity index (χ1v) is 3.59. The van der Waals surface area contributed by atoms with Crippen molar-refractivity contribution in [3.63, 3.8) is 0 Å². The van der Waals surface area contributed by atoms with Crippen LogP contribution in [0.5, 0.6) is 0 Å². The van der Waals surface area contributed by atoms with Crippen molar-refractivity contribution in [3.05, 3.63) is 0 Å². The van der Waals surface area contributed by atoms with Gasteiger partial charge >= 0.3 is 0 Å². The highest BCUT2D eigenvalue weighted by molar-refractivity contribution is 5.75. The first-order chi connectivity index (χ1) is 4.46. The number of nitrogens with one attached hydrogen (secondary N) is 1. The van der Waals surface area contributed by atoms with E-state index in [1.54, 1.807) is 0 Å². The van der Waals surface area contributed by atoms with Crippen LogP contribution < -0.4 is 18.1 Å². The van der Waals surface area contributed by atoms with Crippen LogP contribution in [0.25, 0.3) is 0 Å². The molecule has 0 aromatic heterocycles. The summed E-state index contributed by atoms with van der Waals surface area (Å²) in [6.45, 7) is 8.12. The van der Waals surface area contributed by atoms with E-state index >= 15 is 0 Å². The molecule has 0 bridgehead atoms. The number of nitrogens with zero attached hydrogens (tertiary/aromatic N) is 1.